The molecule has 3 amide bonds. The van der Waals surface area contributed by atoms with E-state index in [0.29, 0.717) is 0 Å². The Hall–Kier alpha value is -4.25. The van der Waals surface area contributed by atoms with Gasteiger partial charge in [-0.2, -0.15) is 13.2 Å². The molecular formula is C30H30F3N3O5. The number of hydrogen-bond donors (Lipinski definition) is 3. The van der Waals surface area contributed by atoms with E-state index >= 15 is 0 Å². The van der Waals surface area contributed by atoms with E-state index in [1.165, 1.54) is 12.1 Å². The zero-order valence-corrected chi connectivity index (χ0v) is 22.5. The number of carboxylic acid groups (broad SMARTS) is 1. The van der Waals surface area contributed by atoms with E-state index in [9.17, 15) is 37.5 Å². The fourth-order valence-corrected chi connectivity index (χ4v) is 4.85. The lowest BCUT2D eigenvalue weighted by atomic mass is 10.0. The van der Waals surface area contributed by atoms with Crippen molar-refractivity contribution in [2.75, 3.05) is 6.54 Å². The number of imide groups is 1. The summed E-state index contributed by atoms with van der Waals surface area (Å²) in [6.45, 7) is 3.31. The average molecular weight is 570 g/mol. The summed E-state index contributed by atoms with van der Waals surface area (Å²) in [6, 6.07) is 12.9. The van der Waals surface area contributed by atoms with Crippen LogP contribution in [0, 0.1) is 5.92 Å². The number of benzene rings is 3. The van der Waals surface area contributed by atoms with Crippen LogP contribution >= 0.6 is 0 Å². The molecule has 0 bridgehead atoms. The Morgan fingerprint density at radius 1 is 0.902 bits per heavy atom. The van der Waals surface area contributed by atoms with Gasteiger partial charge in [-0.25, -0.2) is 0 Å². The molecule has 3 aromatic carbocycles. The predicted molar refractivity (Wildman–Crippen MR) is 145 cm³/mol. The molecule has 0 saturated carbocycles. The third-order valence-corrected chi connectivity index (χ3v) is 6.92. The minimum Gasteiger partial charge on any atom is -0.480 e. The Morgan fingerprint density at radius 2 is 1.51 bits per heavy atom. The molecule has 0 saturated heterocycles. The molecule has 0 aromatic heterocycles. The highest BCUT2D eigenvalue weighted by molar-refractivity contribution is 6.23. The highest BCUT2D eigenvalue weighted by atomic mass is 19.4. The minimum absolute atomic E-state index is 0.0216. The van der Waals surface area contributed by atoms with Crippen LogP contribution in [0.4, 0.5) is 13.2 Å². The molecule has 4 rings (SSSR count). The minimum atomic E-state index is -4.52. The molecule has 1 aliphatic heterocycles. The molecule has 0 aliphatic carbocycles. The summed E-state index contributed by atoms with van der Waals surface area (Å²) >= 11 is 0. The van der Waals surface area contributed by atoms with Crippen LogP contribution in [-0.2, 0) is 22.3 Å². The number of carbonyl (C=O) groups excluding carboxylic acids is 3. The third-order valence-electron chi connectivity index (χ3n) is 6.92. The first-order valence-electron chi connectivity index (χ1n) is 13.2. The Labute approximate surface area is 234 Å². The van der Waals surface area contributed by atoms with Crippen LogP contribution in [-0.4, -0.2) is 52.3 Å². The molecule has 0 fully saturated rings. The van der Waals surface area contributed by atoms with Crippen LogP contribution in [0.2, 0.25) is 0 Å². The highest BCUT2D eigenvalue weighted by Gasteiger charge is 2.37. The van der Waals surface area contributed by atoms with Crippen LogP contribution in [0.15, 0.2) is 60.7 Å². The second-order valence-corrected chi connectivity index (χ2v) is 10.5. The molecule has 3 N–H and O–H groups in total. The Morgan fingerprint density at radius 3 is 2.05 bits per heavy atom. The maximum atomic E-state index is 13.0. The van der Waals surface area contributed by atoms with Crippen molar-refractivity contribution in [1.29, 1.82) is 0 Å². The number of fused-ring (bicyclic) bond motifs is 2. The molecule has 216 valence electrons. The van der Waals surface area contributed by atoms with Crippen LogP contribution in [0.3, 0.4) is 0 Å². The molecule has 1 aliphatic rings. The topological polar surface area (TPSA) is 116 Å². The van der Waals surface area contributed by atoms with E-state index in [0.717, 1.165) is 27.8 Å². The number of carboxylic acids is 1. The maximum absolute atomic E-state index is 13.0. The van der Waals surface area contributed by atoms with Crippen molar-refractivity contribution in [2.45, 2.75) is 51.5 Å². The molecule has 41 heavy (non-hydrogen) atoms. The predicted octanol–water partition coefficient (Wildman–Crippen LogP) is 4.62. The lowest BCUT2D eigenvalue weighted by Crippen LogP contribution is -2.52. The fraction of sp³-hybridized carbons (Fsp3) is 0.333. The van der Waals surface area contributed by atoms with E-state index in [-0.39, 0.29) is 48.5 Å². The van der Waals surface area contributed by atoms with Gasteiger partial charge in [-0.05, 0) is 59.4 Å². The summed E-state index contributed by atoms with van der Waals surface area (Å²) in [6.07, 6.45) is -4.43. The van der Waals surface area contributed by atoms with Crippen molar-refractivity contribution in [3.05, 3.63) is 82.9 Å². The van der Waals surface area contributed by atoms with Crippen molar-refractivity contribution in [3.8, 4) is 0 Å². The van der Waals surface area contributed by atoms with Crippen LogP contribution in [0.5, 0.6) is 0 Å². The first kappa shape index (κ1) is 29.7. The van der Waals surface area contributed by atoms with Gasteiger partial charge in [0.15, 0.2) is 0 Å². The van der Waals surface area contributed by atoms with Gasteiger partial charge < -0.3 is 10.4 Å². The van der Waals surface area contributed by atoms with Gasteiger partial charge in [0.1, 0.15) is 6.04 Å². The lowest BCUT2D eigenvalue weighted by Gasteiger charge is -2.25. The van der Waals surface area contributed by atoms with Crippen LogP contribution in [0.25, 0.3) is 10.8 Å². The van der Waals surface area contributed by atoms with Crippen molar-refractivity contribution in [1.82, 2.24) is 15.5 Å². The first-order valence-corrected chi connectivity index (χ1v) is 13.2. The van der Waals surface area contributed by atoms with Crippen molar-refractivity contribution >= 4 is 34.5 Å². The van der Waals surface area contributed by atoms with E-state index in [4.69, 9.17) is 0 Å². The lowest BCUT2D eigenvalue weighted by molar-refractivity contribution is -0.140. The summed E-state index contributed by atoms with van der Waals surface area (Å²) in [5.74, 6) is -2.90. The number of amides is 3. The molecule has 3 aromatic rings. The van der Waals surface area contributed by atoms with Gasteiger partial charge in [0.2, 0.25) is 5.91 Å². The van der Waals surface area contributed by atoms with Gasteiger partial charge in [-0.3, -0.25) is 29.4 Å². The number of nitrogens with zero attached hydrogens (tertiary/aromatic N) is 1. The number of hydrogen-bond acceptors (Lipinski definition) is 5. The normalized spacial score (nSPS) is 14.8. The molecular weight excluding hydrogens is 539 g/mol. The van der Waals surface area contributed by atoms with Crippen LogP contribution < -0.4 is 10.6 Å². The Kier molecular flexibility index (Phi) is 8.77. The summed E-state index contributed by atoms with van der Waals surface area (Å²) in [5, 5.41) is 16.9. The maximum Gasteiger partial charge on any atom is 0.416 e. The summed E-state index contributed by atoms with van der Waals surface area (Å²) in [4.78, 5) is 52.2. The van der Waals surface area contributed by atoms with Gasteiger partial charge in [-0.15, -0.1) is 0 Å². The first-order chi connectivity index (χ1) is 19.3. The van der Waals surface area contributed by atoms with Gasteiger partial charge in [0.05, 0.1) is 22.7 Å². The quantitative estimate of drug-likeness (QED) is 0.291. The largest absolute Gasteiger partial charge is 0.480 e. The van der Waals surface area contributed by atoms with Gasteiger partial charge >= 0.3 is 12.1 Å². The van der Waals surface area contributed by atoms with E-state index in [2.05, 4.69) is 10.6 Å². The SMILES string of the molecule is CC(C)C[C@H](N[C@H](CCN1C(=O)c2cc3ccccc3cc2C1=O)C(=O)O)C(=O)NCc1cccc(C(F)(F)F)c1. The van der Waals surface area contributed by atoms with Gasteiger partial charge in [0, 0.05) is 13.1 Å². The molecule has 0 spiro atoms. The monoisotopic (exact) mass is 569 g/mol. The number of halogens is 3. The number of carbonyl (C=O) groups is 4. The highest BCUT2D eigenvalue weighted by Crippen LogP contribution is 2.30. The van der Waals surface area contributed by atoms with E-state index < -0.39 is 47.5 Å². The smallest absolute Gasteiger partial charge is 0.416 e. The standard InChI is InChI=1S/C30H30F3N3O5/c1-17(2)12-25(26(37)34-16-18-6-5-9-21(13-18)30(31,32)33)35-24(29(40)41)10-11-36-27(38)22-14-19-7-3-4-8-20(19)15-23(22)28(36)39/h3-9,13-15,17,24-25,35H,10-12,16H2,1-2H3,(H,34,37)(H,40,41)/t24-,25+/m1/s1. The Bertz CT molecular complexity index is 1430. The van der Waals surface area contributed by atoms with Crippen LogP contribution in [0.1, 0.15) is 58.5 Å². The summed E-state index contributed by atoms with van der Waals surface area (Å²) in [7, 11) is 0. The van der Waals surface area contributed by atoms with E-state index in [1.807, 2.05) is 38.1 Å². The average Bonchev–Trinajstić information content (AvgIpc) is 3.15. The van der Waals surface area contributed by atoms with Crippen molar-refractivity contribution in [3.63, 3.8) is 0 Å². The molecule has 8 nitrogen and oxygen atoms in total. The number of alkyl halides is 3. The second kappa shape index (κ2) is 12.1. The van der Waals surface area contributed by atoms with E-state index in [1.54, 1.807) is 12.1 Å². The summed E-state index contributed by atoms with van der Waals surface area (Å²) < 4.78 is 39.1. The van der Waals surface area contributed by atoms with Crippen molar-refractivity contribution < 1.29 is 37.5 Å². The van der Waals surface area contributed by atoms with Crippen molar-refractivity contribution in [2.24, 2.45) is 5.92 Å². The zero-order chi connectivity index (χ0) is 29.9. The molecule has 2 atom stereocenters. The number of nitrogens with one attached hydrogen (secondary N) is 2. The zero-order valence-electron chi connectivity index (χ0n) is 22.5. The van der Waals surface area contributed by atoms with Gasteiger partial charge in [0.25, 0.3) is 11.8 Å². The number of aliphatic carboxylic acids is 1. The van der Waals surface area contributed by atoms with Gasteiger partial charge in [-0.1, -0.05) is 50.2 Å². The fourth-order valence-electron chi connectivity index (χ4n) is 4.85. The molecule has 0 unspecified atom stereocenters. The second-order valence-electron chi connectivity index (χ2n) is 10.5. The number of rotatable bonds is 11. The molecule has 1 heterocycles. The summed E-state index contributed by atoms with van der Waals surface area (Å²) in [5.41, 5.74) is -0.0989. The molecule has 11 heteroatoms. The molecule has 0 radical (unpaired) electrons. The Balaban J connectivity index is 1.43. The third kappa shape index (κ3) is 6.91.